The zero-order chi connectivity index (χ0) is 13.9. The van der Waals surface area contributed by atoms with Crippen LogP contribution < -0.4 is 5.73 Å². The number of aromatic nitrogens is 2. The van der Waals surface area contributed by atoms with Crippen LogP contribution in [0.15, 0.2) is 24.3 Å². The summed E-state index contributed by atoms with van der Waals surface area (Å²) in [6.07, 6.45) is 7.66. The maximum atomic E-state index is 6.58. The van der Waals surface area contributed by atoms with Crippen molar-refractivity contribution in [3.8, 4) is 0 Å². The van der Waals surface area contributed by atoms with Crippen LogP contribution in [0.4, 0.5) is 0 Å². The second-order valence-electron chi connectivity index (χ2n) is 6.03. The van der Waals surface area contributed by atoms with Crippen LogP contribution in [0.25, 0.3) is 11.0 Å². The molecular formula is C17H25N3. The summed E-state index contributed by atoms with van der Waals surface area (Å²) in [5, 5.41) is 0. The van der Waals surface area contributed by atoms with Gasteiger partial charge in [-0.3, -0.25) is 0 Å². The number of hydrogen-bond donors (Lipinski definition) is 1. The quantitative estimate of drug-likeness (QED) is 0.912. The Labute approximate surface area is 121 Å². The molecule has 1 aliphatic rings. The second kappa shape index (κ2) is 5.96. The van der Waals surface area contributed by atoms with E-state index in [9.17, 15) is 0 Å². The van der Waals surface area contributed by atoms with Crippen LogP contribution >= 0.6 is 0 Å². The molecule has 1 aliphatic carbocycles. The Kier molecular flexibility index (Phi) is 4.06. The van der Waals surface area contributed by atoms with Gasteiger partial charge < -0.3 is 10.3 Å². The molecule has 3 heteroatoms. The predicted octanol–water partition coefficient (Wildman–Crippen LogP) is 4.03. The Morgan fingerprint density at radius 2 is 2.00 bits per heavy atom. The third-order valence-electron chi connectivity index (χ3n) is 4.59. The van der Waals surface area contributed by atoms with Gasteiger partial charge in [0.1, 0.15) is 5.82 Å². The van der Waals surface area contributed by atoms with E-state index in [2.05, 4.69) is 35.8 Å². The summed E-state index contributed by atoms with van der Waals surface area (Å²) in [5.74, 6) is 1.70. The highest BCUT2D eigenvalue weighted by Crippen LogP contribution is 2.33. The molecule has 2 aromatic rings. The molecule has 0 spiro atoms. The topological polar surface area (TPSA) is 43.8 Å². The molecular weight excluding hydrogens is 246 g/mol. The first-order valence-electron chi connectivity index (χ1n) is 8.02. The van der Waals surface area contributed by atoms with Gasteiger partial charge in [-0.05, 0) is 37.3 Å². The van der Waals surface area contributed by atoms with Crippen molar-refractivity contribution >= 4 is 11.0 Å². The highest BCUT2D eigenvalue weighted by molar-refractivity contribution is 5.76. The van der Waals surface area contributed by atoms with Gasteiger partial charge in [-0.1, -0.05) is 38.3 Å². The largest absolute Gasteiger partial charge is 0.327 e. The number of nitrogens with two attached hydrogens (primary N) is 1. The van der Waals surface area contributed by atoms with E-state index in [4.69, 9.17) is 10.7 Å². The molecule has 1 heterocycles. The minimum Gasteiger partial charge on any atom is -0.327 e. The average Bonchev–Trinajstić information content (AvgIpc) is 2.87. The summed E-state index contributed by atoms with van der Waals surface area (Å²) in [4.78, 5) is 4.84. The van der Waals surface area contributed by atoms with Crippen molar-refractivity contribution in [1.82, 2.24) is 9.55 Å². The Morgan fingerprint density at radius 3 is 2.75 bits per heavy atom. The molecule has 1 atom stereocenters. The molecule has 0 amide bonds. The van der Waals surface area contributed by atoms with E-state index in [-0.39, 0.29) is 6.04 Å². The lowest BCUT2D eigenvalue weighted by Gasteiger charge is -2.27. The third kappa shape index (κ3) is 2.47. The fourth-order valence-electron chi connectivity index (χ4n) is 3.51. The van der Waals surface area contributed by atoms with E-state index in [1.54, 1.807) is 0 Å². The van der Waals surface area contributed by atoms with E-state index in [0.29, 0.717) is 5.92 Å². The summed E-state index contributed by atoms with van der Waals surface area (Å²) in [5.41, 5.74) is 8.90. The zero-order valence-electron chi connectivity index (χ0n) is 12.4. The number of para-hydroxylation sites is 2. The molecule has 108 valence electrons. The van der Waals surface area contributed by atoms with Crippen LogP contribution in [0.2, 0.25) is 0 Å². The van der Waals surface area contributed by atoms with Gasteiger partial charge in [-0.2, -0.15) is 0 Å². The number of rotatable bonds is 4. The molecule has 0 aliphatic heterocycles. The number of hydrogen-bond acceptors (Lipinski definition) is 2. The fourth-order valence-corrected chi connectivity index (χ4v) is 3.51. The Bertz CT molecular complexity index is 567. The molecule has 0 saturated heterocycles. The summed E-state index contributed by atoms with van der Waals surface area (Å²) in [6.45, 7) is 3.22. The summed E-state index contributed by atoms with van der Waals surface area (Å²) in [7, 11) is 0. The van der Waals surface area contributed by atoms with Gasteiger partial charge in [0.05, 0.1) is 17.1 Å². The molecule has 1 unspecified atom stereocenters. The van der Waals surface area contributed by atoms with Crippen molar-refractivity contribution in [3.63, 3.8) is 0 Å². The van der Waals surface area contributed by atoms with Crippen molar-refractivity contribution in [2.75, 3.05) is 0 Å². The Balaban J connectivity index is 1.98. The van der Waals surface area contributed by atoms with Gasteiger partial charge in [0.2, 0.25) is 0 Å². The zero-order valence-corrected chi connectivity index (χ0v) is 12.4. The highest BCUT2D eigenvalue weighted by Gasteiger charge is 2.26. The Hall–Kier alpha value is -1.35. The molecule has 2 N–H and O–H groups in total. The fraction of sp³-hybridized carbons (Fsp3) is 0.588. The lowest BCUT2D eigenvalue weighted by atomic mass is 9.84. The van der Waals surface area contributed by atoms with Crippen molar-refractivity contribution in [2.45, 2.75) is 58.0 Å². The summed E-state index contributed by atoms with van der Waals surface area (Å²) >= 11 is 0. The van der Waals surface area contributed by atoms with E-state index >= 15 is 0 Å². The highest BCUT2D eigenvalue weighted by atomic mass is 15.1. The molecule has 1 fully saturated rings. The first kappa shape index (κ1) is 13.6. The van der Waals surface area contributed by atoms with Crippen LogP contribution in [0.1, 0.15) is 57.3 Å². The van der Waals surface area contributed by atoms with Crippen molar-refractivity contribution in [3.05, 3.63) is 30.1 Å². The second-order valence-corrected chi connectivity index (χ2v) is 6.03. The number of imidazole rings is 1. The molecule has 1 aromatic heterocycles. The molecule has 3 rings (SSSR count). The first-order chi connectivity index (χ1) is 9.81. The average molecular weight is 271 g/mol. The van der Waals surface area contributed by atoms with E-state index in [0.717, 1.165) is 24.3 Å². The SMILES string of the molecule is CCCn1c(C(N)C2CCCCC2)nc2ccccc21. The van der Waals surface area contributed by atoms with Crippen LogP contribution in [-0.4, -0.2) is 9.55 Å². The molecule has 0 bridgehead atoms. The predicted molar refractivity (Wildman–Crippen MR) is 83.5 cm³/mol. The van der Waals surface area contributed by atoms with E-state index in [1.807, 2.05) is 0 Å². The van der Waals surface area contributed by atoms with Gasteiger partial charge >= 0.3 is 0 Å². The minimum atomic E-state index is 0.0919. The number of nitrogens with zero attached hydrogens (tertiary/aromatic N) is 2. The van der Waals surface area contributed by atoms with Gasteiger partial charge in [-0.15, -0.1) is 0 Å². The maximum absolute atomic E-state index is 6.58. The standard InChI is InChI=1S/C17H25N3/c1-2-12-20-15-11-7-6-10-14(15)19-17(20)16(18)13-8-4-3-5-9-13/h6-7,10-11,13,16H,2-5,8-9,12,18H2,1H3. The van der Waals surface area contributed by atoms with Crippen LogP contribution in [0, 0.1) is 5.92 Å². The van der Waals surface area contributed by atoms with Crippen LogP contribution in [-0.2, 0) is 6.54 Å². The third-order valence-corrected chi connectivity index (χ3v) is 4.59. The smallest absolute Gasteiger partial charge is 0.127 e. The summed E-state index contributed by atoms with van der Waals surface area (Å²) < 4.78 is 2.34. The lowest BCUT2D eigenvalue weighted by Crippen LogP contribution is -2.26. The van der Waals surface area contributed by atoms with Crippen molar-refractivity contribution in [1.29, 1.82) is 0 Å². The molecule has 1 saturated carbocycles. The van der Waals surface area contributed by atoms with Crippen molar-refractivity contribution in [2.24, 2.45) is 11.7 Å². The molecule has 3 nitrogen and oxygen atoms in total. The van der Waals surface area contributed by atoms with Crippen molar-refractivity contribution < 1.29 is 0 Å². The van der Waals surface area contributed by atoms with E-state index < -0.39 is 0 Å². The normalized spacial score (nSPS) is 18.5. The minimum absolute atomic E-state index is 0.0919. The van der Waals surface area contributed by atoms with E-state index in [1.165, 1.54) is 37.6 Å². The number of aryl methyl sites for hydroxylation is 1. The number of fused-ring (bicyclic) bond motifs is 1. The summed E-state index contributed by atoms with van der Waals surface area (Å²) in [6, 6.07) is 8.50. The van der Waals surface area contributed by atoms with Gasteiger partial charge in [0.15, 0.2) is 0 Å². The molecule has 1 aromatic carbocycles. The first-order valence-corrected chi connectivity index (χ1v) is 8.02. The van der Waals surface area contributed by atoms with Gasteiger partial charge in [0.25, 0.3) is 0 Å². The van der Waals surface area contributed by atoms with Gasteiger partial charge in [0, 0.05) is 6.54 Å². The molecule has 0 radical (unpaired) electrons. The maximum Gasteiger partial charge on any atom is 0.127 e. The molecule has 20 heavy (non-hydrogen) atoms. The lowest BCUT2D eigenvalue weighted by molar-refractivity contribution is 0.296. The number of benzene rings is 1. The van der Waals surface area contributed by atoms with Crippen LogP contribution in [0.5, 0.6) is 0 Å². The Morgan fingerprint density at radius 1 is 1.25 bits per heavy atom. The van der Waals surface area contributed by atoms with Crippen LogP contribution in [0.3, 0.4) is 0 Å². The van der Waals surface area contributed by atoms with Gasteiger partial charge in [-0.25, -0.2) is 4.98 Å². The monoisotopic (exact) mass is 271 g/mol.